The smallest absolute Gasteiger partial charge is 0.318 e. The first-order valence-corrected chi connectivity index (χ1v) is 7.91. The van der Waals surface area contributed by atoms with E-state index in [-0.39, 0.29) is 6.03 Å². The first kappa shape index (κ1) is 15.9. The van der Waals surface area contributed by atoms with Gasteiger partial charge in [0, 0.05) is 25.5 Å². The van der Waals surface area contributed by atoms with Gasteiger partial charge in [-0.1, -0.05) is 30.3 Å². The predicted molar refractivity (Wildman–Crippen MR) is 92.0 cm³/mol. The number of nitrogens with zero attached hydrogens (tertiary/aromatic N) is 2. The number of rotatable bonds is 6. The molecule has 1 aromatic carbocycles. The summed E-state index contributed by atoms with van der Waals surface area (Å²) in [6.07, 6.45) is 3.60. The molecule has 0 unspecified atom stereocenters. The molecule has 124 valence electrons. The zero-order valence-corrected chi connectivity index (χ0v) is 13.7. The summed E-state index contributed by atoms with van der Waals surface area (Å²) in [6, 6.07) is 17.5. The standard InChI is InChI=1S/C19H21N3O2/c1-21-11-5-9-17(21)14-22(15-18-10-6-12-24-18)19(23)20-13-16-7-3-2-4-8-16/h2-12H,13-15H2,1H3,(H,20,23). The minimum atomic E-state index is -0.114. The molecule has 0 aliphatic carbocycles. The van der Waals surface area contributed by atoms with E-state index < -0.39 is 0 Å². The molecule has 2 amide bonds. The van der Waals surface area contributed by atoms with Crippen LogP contribution in [0, 0.1) is 0 Å². The minimum absolute atomic E-state index is 0.114. The van der Waals surface area contributed by atoms with Gasteiger partial charge in [0.05, 0.1) is 19.4 Å². The van der Waals surface area contributed by atoms with E-state index in [1.807, 2.05) is 72.4 Å². The molecule has 2 aromatic heterocycles. The van der Waals surface area contributed by atoms with E-state index in [1.165, 1.54) is 0 Å². The van der Waals surface area contributed by atoms with Gasteiger partial charge >= 0.3 is 6.03 Å². The lowest BCUT2D eigenvalue weighted by atomic mass is 10.2. The van der Waals surface area contributed by atoms with E-state index in [9.17, 15) is 4.79 Å². The first-order chi connectivity index (χ1) is 11.7. The fraction of sp³-hybridized carbons (Fsp3) is 0.211. The Kier molecular flexibility index (Phi) is 5.01. The number of aryl methyl sites for hydroxylation is 1. The van der Waals surface area contributed by atoms with Gasteiger partial charge in [-0.05, 0) is 29.8 Å². The largest absolute Gasteiger partial charge is 0.467 e. The average Bonchev–Trinajstić information content (AvgIpc) is 3.25. The minimum Gasteiger partial charge on any atom is -0.467 e. The number of benzene rings is 1. The van der Waals surface area contributed by atoms with Crippen molar-refractivity contribution in [1.82, 2.24) is 14.8 Å². The third kappa shape index (κ3) is 4.07. The molecule has 0 saturated carbocycles. The lowest BCUT2D eigenvalue weighted by molar-refractivity contribution is 0.185. The molecule has 0 radical (unpaired) electrons. The van der Waals surface area contributed by atoms with Crippen LogP contribution in [0.1, 0.15) is 17.0 Å². The molecule has 0 atom stereocenters. The Morgan fingerprint density at radius 3 is 2.58 bits per heavy atom. The molecule has 0 aliphatic rings. The quantitative estimate of drug-likeness (QED) is 0.754. The van der Waals surface area contributed by atoms with Crippen LogP contribution in [0.5, 0.6) is 0 Å². The van der Waals surface area contributed by atoms with Crippen molar-refractivity contribution in [3.63, 3.8) is 0 Å². The van der Waals surface area contributed by atoms with Crippen LogP contribution in [0.25, 0.3) is 0 Å². The Morgan fingerprint density at radius 1 is 1.08 bits per heavy atom. The summed E-state index contributed by atoms with van der Waals surface area (Å²) < 4.78 is 7.41. The maximum Gasteiger partial charge on any atom is 0.318 e. The van der Waals surface area contributed by atoms with Crippen molar-refractivity contribution < 1.29 is 9.21 Å². The monoisotopic (exact) mass is 323 g/mol. The molecule has 0 aliphatic heterocycles. The zero-order valence-electron chi connectivity index (χ0n) is 13.7. The van der Waals surface area contributed by atoms with E-state index in [1.54, 1.807) is 11.2 Å². The summed E-state index contributed by atoms with van der Waals surface area (Å²) in [4.78, 5) is 14.4. The third-order valence-corrected chi connectivity index (χ3v) is 3.90. The van der Waals surface area contributed by atoms with E-state index >= 15 is 0 Å². The van der Waals surface area contributed by atoms with Crippen molar-refractivity contribution in [1.29, 1.82) is 0 Å². The van der Waals surface area contributed by atoms with E-state index in [0.717, 1.165) is 17.0 Å². The highest BCUT2D eigenvalue weighted by Gasteiger charge is 2.16. The Hall–Kier alpha value is -2.95. The van der Waals surface area contributed by atoms with Crippen molar-refractivity contribution >= 4 is 6.03 Å². The summed E-state index contributed by atoms with van der Waals surface area (Å²) in [6.45, 7) is 1.45. The van der Waals surface area contributed by atoms with Crippen LogP contribution in [0.3, 0.4) is 0 Å². The molecule has 5 heteroatoms. The lowest BCUT2D eigenvalue weighted by Crippen LogP contribution is -2.39. The Balaban J connectivity index is 1.68. The second-order valence-corrected chi connectivity index (χ2v) is 5.69. The number of hydrogen-bond acceptors (Lipinski definition) is 2. The number of amides is 2. The Bertz CT molecular complexity index is 763. The summed E-state index contributed by atoms with van der Waals surface area (Å²) in [5, 5.41) is 2.98. The number of hydrogen-bond donors (Lipinski definition) is 1. The maximum absolute atomic E-state index is 12.6. The number of carbonyl (C=O) groups excluding carboxylic acids is 1. The molecule has 2 heterocycles. The average molecular weight is 323 g/mol. The number of urea groups is 1. The molecule has 0 fully saturated rings. The van der Waals surface area contributed by atoms with E-state index in [2.05, 4.69) is 5.32 Å². The number of carbonyl (C=O) groups is 1. The van der Waals surface area contributed by atoms with Crippen molar-refractivity contribution in [2.45, 2.75) is 19.6 Å². The normalized spacial score (nSPS) is 10.5. The van der Waals surface area contributed by atoms with Crippen molar-refractivity contribution in [3.05, 3.63) is 84.1 Å². The second kappa shape index (κ2) is 7.55. The van der Waals surface area contributed by atoms with Gasteiger partial charge in [-0.2, -0.15) is 0 Å². The van der Waals surface area contributed by atoms with Gasteiger partial charge in [-0.25, -0.2) is 4.79 Å². The summed E-state index contributed by atoms with van der Waals surface area (Å²) >= 11 is 0. The summed E-state index contributed by atoms with van der Waals surface area (Å²) in [5.41, 5.74) is 2.14. The highest BCUT2D eigenvalue weighted by Crippen LogP contribution is 2.11. The predicted octanol–water partition coefficient (Wildman–Crippen LogP) is 3.53. The van der Waals surface area contributed by atoms with Gasteiger partial charge in [-0.3, -0.25) is 0 Å². The molecule has 0 bridgehead atoms. The van der Waals surface area contributed by atoms with Crippen molar-refractivity contribution in [2.24, 2.45) is 7.05 Å². The fourth-order valence-corrected chi connectivity index (χ4v) is 2.53. The van der Waals surface area contributed by atoms with Gasteiger partial charge in [0.25, 0.3) is 0 Å². The van der Waals surface area contributed by atoms with Gasteiger partial charge in [-0.15, -0.1) is 0 Å². The second-order valence-electron chi connectivity index (χ2n) is 5.69. The highest BCUT2D eigenvalue weighted by atomic mass is 16.3. The van der Waals surface area contributed by atoms with Gasteiger partial charge in [0.1, 0.15) is 5.76 Å². The molecule has 0 spiro atoms. The van der Waals surface area contributed by atoms with Gasteiger partial charge < -0.3 is 19.2 Å². The zero-order chi connectivity index (χ0) is 16.8. The molecular formula is C19H21N3O2. The van der Waals surface area contributed by atoms with Crippen molar-refractivity contribution in [2.75, 3.05) is 0 Å². The number of nitrogens with one attached hydrogen (secondary N) is 1. The Labute approximate surface area is 141 Å². The lowest BCUT2D eigenvalue weighted by Gasteiger charge is -2.22. The van der Waals surface area contributed by atoms with E-state index in [4.69, 9.17) is 4.42 Å². The van der Waals surface area contributed by atoms with E-state index in [0.29, 0.717) is 19.6 Å². The van der Waals surface area contributed by atoms with Gasteiger partial charge in [0.15, 0.2) is 0 Å². The highest BCUT2D eigenvalue weighted by molar-refractivity contribution is 5.74. The third-order valence-electron chi connectivity index (χ3n) is 3.90. The molecule has 24 heavy (non-hydrogen) atoms. The Morgan fingerprint density at radius 2 is 1.92 bits per heavy atom. The van der Waals surface area contributed by atoms with Crippen LogP contribution in [-0.4, -0.2) is 15.5 Å². The summed E-state index contributed by atoms with van der Waals surface area (Å²) in [7, 11) is 1.97. The molecule has 3 aromatic rings. The molecule has 0 saturated heterocycles. The molecule has 1 N–H and O–H groups in total. The van der Waals surface area contributed by atoms with Crippen LogP contribution >= 0.6 is 0 Å². The maximum atomic E-state index is 12.6. The fourth-order valence-electron chi connectivity index (χ4n) is 2.53. The number of furan rings is 1. The molecule has 3 rings (SSSR count). The van der Waals surface area contributed by atoms with Crippen LogP contribution < -0.4 is 5.32 Å². The van der Waals surface area contributed by atoms with Crippen LogP contribution in [0.15, 0.2) is 71.5 Å². The van der Waals surface area contributed by atoms with Crippen LogP contribution in [0.4, 0.5) is 4.79 Å². The molecule has 5 nitrogen and oxygen atoms in total. The topological polar surface area (TPSA) is 50.4 Å². The SMILES string of the molecule is Cn1cccc1CN(Cc1ccco1)C(=O)NCc1ccccc1. The van der Waals surface area contributed by atoms with Crippen LogP contribution in [0.2, 0.25) is 0 Å². The van der Waals surface area contributed by atoms with Crippen LogP contribution in [-0.2, 0) is 26.7 Å². The van der Waals surface area contributed by atoms with Crippen molar-refractivity contribution in [3.8, 4) is 0 Å². The summed E-state index contributed by atoms with van der Waals surface area (Å²) in [5.74, 6) is 0.763. The van der Waals surface area contributed by atoms with Gasteiger partial charge in [0.2, 0.25) is 0 Å². The first-order valence-electron chi connectivity index (χ1n) is 7.91. The number of aromatic nitrogens is 1. The molecular weight excluding hydrogens is 302 g/mol.